The minimum absolute atomic E-state index is 0.146. The Morgan fingerprint density at radius 1 is 1.30 bits per heavy atom. The molecule has 0 spiro atoms. The van der Waals surface area contributed by atoms with Gasteiger partial charge in [0, 0.05) is 16.4 Å². The number of rotatable bonds is 3. The predicted molar refractivity (Wildman–Crippen MR) is 78.0 cm³/mol. The van der Waals surface area contributed by atoms with Gasteiger partial charge in [0.2, 0.25) is 0 Å². The molecule has 0 aliphatic heterocycles. The van der Waals surface area contributed by atoms with Gasteiger partial charge >= 0.3 is 5.97 Å². The van der Waals surface area contributed by atoms with Crippen molar-refractivity contribution in [3.05, 3.63) is 57.8 Å². The van der Waals surface area contributed by atoms with Crippen molar-refractivity contribution >= 4 is 33.5 Å². The Kier molecular flexibility index (Phi) is 4.14. The number of nitrogens with one attached hydrogen (secondary N) is 1. The van der Waals surface area contributed by atoms with Crippen molar-refractivity contribution in [2.24, 2.45) is 0 Å². The number of hydrogen-bond acceptors (Lipinski definition) is 3. The number of nitrogens with zero attached hydrogens (tertiary/aromatic N) is 1. The first-order chi connectivity index (χ1) is 9.49. The molecule has 0 saturated carbocycles. The Hall–Kier alpha value is -2.21. The van der Waals surface area contributed by atoms with Crippen molar-refractivity contribution in [3.63, 3.8) is 0 Å². The van der Waals surface area contributed by atoms with Gasteiger partial charge in [-0.15, -0.1) is 0 Å². The number of hydrogen-bond donors (Lipinski definition) is 2. The number of carbonyl (C=O) groups is 2. The SMILES string of the molecule is Cc1ncccc1C(=O)Nc1ccc(C(=O)O)cc1Br. The molecule has 2 rings (SSSR count). The summed E-state index contributed by atoms with van der Waals surface area (Å²) in [6.07, 6.45) is 1.61. The fraction of sp³-hybridized carbons (Fsp3) is 0.0714. The number of aromatic nitrogens is 1. The van der Waals surface area contributed by atoms with E-state index in [1.807, 2.05) is 0 Å². The summed E-state index contributed by atoms with van der Waals surface area (Å²) in [7, 11) is 0. The van der Waals surface area contributed by atoms with Gasteiger partial charge in [-0.2, -0.15) is 0 Å². The van der Waals surface area contributed by atoms with Crippen LogP contribution in [0.15, 0.2) is 41.0 Å². The molecule has 5 nitrogen and oxygen atoms in total. The van der Waals surface area contributed by atoms with Gasteiger partial charge in [-0.25, -0.2) is 4.79 Å². The summed E-state index contributed by atoms with van der Waals surface area (Å²) in [6.45, 7) is 1.75. The average molecular weight is 335 g/mol. The molecule has 0 radical (unpaired) electrons. The predicted octanol–water partition coefficient (Wildman–Crippen LogP) is 3.10. The standard InChI is InChI=1S/C14H11BrN2O3/c1-8-10(3-2-6-16-8)13(18)17-12-5-4-9(14(19)20)7-11(12)15/h2-7H,1H3,(H,17,18)(H,19,20). The molecule has 0 aliphatic carbocycles. The van der Waals surface area contributed by atoms with Gasteiger partial charge in [-0.1, -0.05) is 0 Å². The molecule has 0 saturated heterocycles. The first-order valence-corrected chi connectivity index (χ1v) is 6.54. The van der Waals surface area contributed by atoms with Crippen molar-refractivity contribution in [2.45, 2.75) is 6.92 Å². The fourth-order valence-corrected chi connectivity index (χ4v) is 2.14. The van der Waals surface area contributed by atoms with Crippen molar-refractivity contribution in [1.29, 1.82) is 0 Å². The molecule has 0 aliphatic rings. The second kappa shape index (κ2) is 5.83. The van der Waals surface area contributed by atoms with Crippen LogP contribution in [0.5, 0.6) is 0 Å². The van der Waals surface area contributed by atoms with Gasteiger partial charge in [0.15, 0.2) is 0 Å². The maximum atomic E-state index is 12.1. The lowest BCUT2D eigenvalue weighted by molar-refractivity contribution is 0.0696. The number of carboxylic acid groups (broad SMARTS) is 1. The zero-order chi connectivity index (χ0) is 14.7. The summed E-state index contributed by atoms with van der Waals surface area (Å²) >= 11 is 3.24. The molecule has 20 heavy (non-hydrogen) atoms. The molecule has 1 heterocycles. The van der Waals surface area contributed by atoms with Crippen LogP contribution in [0.1, 0.15) is 26.4 Å². The van der Waals surface area contributed by atoms with Gasteiger partial charge in [-0.05, 0) is 53.2 Å². The molecule has 1 amide bonds. The third kappa shape index (κ3) is 3.03. The molecule has 6 heteroatoms. The van der Waals surface area contributed by atoms with E-state index in [0.29, 0.717) is 21.4 Å². The van der Waals surface area contributed by atoms with E-state index < -0.39 is 5.97 Å². The summed E-state index contributed by atoms with van der Waals surface area (Å²) in [5.74, 6) is -1.31. The fourth-order valence-electron chi connectivity index (χ4n) is 1.66. The number of benzene rings is 1. The largest absolute Gasteiger partial charge is 0.478 e. The number of pyridine rings is 1. The monoisotopic (exact) mass is 334 g/mol. The van der Waals surface area contributed by atoms with Crippen LogP contribution in [0.25, 0.3) is 0 Å². The quantitative estimate of drug-likeness (QED) is 0.903. The molecule has 0 atom stereocenters. The highest BCUT2D eigenvalue weighted by molar-refractivity contribution is 9.10. The number of carboxylic acids is 1. The van der Waals surface area contributed by atoms with Crippen molar-refractivity contribution in [3.8, 4) is 0 Å². The number of halogens is 1. The van der Waals surface area contributed by atoms with E-state index in [4.69, 9.17) is 5.11 Å². The van der Waals surface area contributed by atoms with Gasteiger partial charge < -0.3 is 10.4 Å². The highest BCUT2D eigenvalue weighted by atomic mass is 79.9. The Morgan fingerprint density at radius 3 is 2.65 bits per heavy atom. The van der Waals surface area contributed by atoms with Crippen LogP contribution in [0.2, 0.25) is 0 Å². The lowest BCUT2D eigenvalue weighted by Crippen LogP contribution is -2.14. The third-order valence-electron chi connectivity index (χ3n) is 2.72. The van der Waals surface area contributed by atoms with Gasteiger partial charge in [0.25, 0.3) is 5.91 Å². The summed E-state index contributed by atoms with van der Waals surface area (Å²) in [5.41, 5.74) is 1.75. The Bertz CT molecular complexity index is 686. The number of carbonyl (C=O) groups excluding carboxylic acids is 1. The first-order valence-electron chi connectivity index (χ1n) is 5.75. The van der Waals surface area contributed by atoms with E-state index in [2.05, 4.69) is 26.2 Å². The van der Waals surface area contributed by atoms with E-state index in [0.717, 1.165) is 0 Å². The summed E-state index contributed by atoms with van der Waals surface area (Å²) in [6, 6.07) is 7.77. The van der Waals surface area contributed by atoms with Crippen LogP contribution in [0.3, 0.4) is 0 Å². The molecule has 0 fully saturated rings. The second-order valence-electron chi connectivity index (χ2n) is 4.09. The topological polar surface area (TPSA) is 79.3 Å². The van der Waals surface area contributed by atoms with E-state index in [-0.39, 0.29) is 11.5 Å². The van der Waals surface area contributed by atoms with Crippen LogP contribution in [-0.2, 0) is 0 Å². The van der Waals surface area contributed by atoms with Gasteiger partial charge in [0.05, 0.1) is 16.8 Å². The Morgan fingerprint density at radius 2 is 2.05 bits per heavy atom. The minimum Gasteiger partial charge on any atom is -0.478 e. The second-order valence-corrected chi connectivity index (χ2v) is 4.94. The molecule has 2 N–H and O–H groups in total. The van der Waals surface area contributed by atoms with E-state index in [9.17, 15) is 9.59 Å². The summed E-state index contributed by atoms with van der Waals surface area (Å²) in [5, 5.41) is 11.6. The number of amides is 1. The third-order valence-corrected chi connectivity index (χ3v) is 3.37. The number of aryl methyl sites for hydroxylation is 1. The molecule has 1 aromatic carbocycles. The minimum atomic E-state index is -1.02. The molecule has 2 aromatic rings. The normalized spacial score (nSPS) is 10.1. The van der Waals surface area contributed by atoms with Gasteiger partial charge in [-0.3, -0.25) is 9.78 Å². The lowest BCUT2D eigenvalue weighted by Gasteiger charge is -2.09. The summed E-state index contributed by atoms with van der Waals surface area (Å²) < 4.78 is 0.507. The van der Waals surface area contributed by atoms with Crippen LogP contribution in [0.4, 0.5) is 5.69 Å². The summed E-state index contributed by atoms with van der Waals surface area (Å²) in [4.78, 5) is 27.0. The van der Waals surface area contributed by atoms with Crippen LogP contribution in [0, 0.1) is 6.92 Å². The number of anilines is 1. The highest BCUT2D eigenvalue weighted by Crippen LogP contribution is 2.24. The number of aromatic carboxylic acids is 1. The van der Waals surface area contributed by atoms with Crippen molar-refractivity contribution in [2.75, 3.05) is 5.32 Å². The maximum Gasteiger partial charge on any atom is 0.335 e. The lowest BCUT2D eigenvalue weighted by atomic mass is 10.1. The van der Waals surface area contributed by atoms with Crippen molar-refractivity contribution in [1.82, 2.24) is 4.98 Å². The van der Waals surface area contributed by atoms with Crippen LogP contribution < -0.4 is 5.32 Å². The Labute approximate surface area is 123 Å². The highest BCUT2D eigenvalue weighted by Gasteiger charge is 2.12. The van der Waals surface area contributed by atoms with E-state index in [1.165, 1.54) is 18.2 Å². The van der Waals surface area contributed by atoms with E-state index >= 15 is 0 Å². The molecular weight excluding hydrogens is 324 g/mol. The van der Waals surface area contributed by atoms with E-state index in [1.54, 1.807) is 25.3 Å². The molecular formula is C14H11BrN2O3. The molecule has 102 valence electrons. The maximum absolute atomic E-state index is 12.1. The van der Waals surface area contributed by atoms with Crippen LogP contribution in [-0.4, -0.2) is 22.0 Å². The van der Waals surface area contributed by atoms with Crippen LogP contribution >= 0.6 is 15.9 Å². The molecule has 0 bridgehead atoms. The zero-order valence-corrected chi connectivity index (χ0v) is 12.1. The smallest absolute Gasteiger partial charge is 0.335 e. The average Bonchev–Trinajstić information content (AvgIpc) is 2.41. The molecule has 1 aromatic heterocycles. The zero-order valence-electron chi connectivity index (χ0n) is 10.6. The Balaban J connectivity index is 2.25. The first kappa shape index (κ1) is 14.2. The van der Waals surface area contributed by atoms with Crippen molar-refractivity contribution < 1.29 is 14.7 Å². The van der Waals surface area contributed by atoms with Gasteiger partial charge in [0.1, 0.15) is 0 Å². The molecule has 0 unspecified atom stereocenters.